The molecule has 21 heavy (non-hydrogen) atoms. The summed E-state index contributed by atoms with van der Waals surface area (Å²) in [6, 6.07) is 10.4. The molecular weight excluding hydrogens is 256 g/mol. The van der Waals surface area contributed by atoms with Gasteiger partial charge in [-0.25, -0.2) is 0 Å². The molecule has 0 aromatic heterocycles. The largest absolute Gasteiger partial charge is 0.314 e. The van der Waals surface area contributed by atoms with E-state index in [1.54, 1.807) is 11.1 Å². The topological polar surface area (TPSA) is 15.3 Å². The summed E-state index contributed by atoms with van der Waals surface area (Å²) < 4.78 is 0. The van der Waals surface area contributed by atoms with Crippen molar-refractivity contribution in [1.82, 2.24) is 10.2 Å². The Balaban J connectivity index is 1.67. The second-order valence-electron chi connectivity index (χ2n) is 7.17. The van der Waals surface area contributed by atoms with Crippen molar-refractivity contribution in [1.29, 1.82) is 0 Å². The SMILES string of the molecule is CC(C)NCC1CCCN(C2CCCc3ccccc32)C1. The maximum absolute atomic E-state index is 3.63. The Kier molecular flexibility index (Phi) is 4.97. The third-order valence-corrected chi connectivity index (χ3v) is 5.14. The van der Waals surface area contributed by atoms with E-state index in [0.29, 0.717) is 12.1 Å². The second kappa shape index (κ2) is 6.93. The average Bonchev–Trinajstić information content (AvgIpc) is 2.52. The molecule has 1 aliphatic heterocycles. The predicted molar refractivity (Wildman–Crippen MR) is 89.6 cm³/mol. The number of nitrogens with zero attached hydrogens (tertiary/aromatic N) is 1. The van der Waals surface area contributed by atoms with E-state index >= 15 is 0 Å². The van der Waals surface area contributed by atoms with Gasteiger partial charge >= 0.3 is 0 Å². The molecule has 1 aromatic rings. The molecule has 1 aromatic carbocycles. The molecule has 0 saturated carbocycles. The Morgan fingerprint density at radius 1 is 1.19 bits per heavy atom. The first-order valence-corrected chi connectivity index (χ1v) is 8.79. The lowest BCUT2D eigenvalue weighted by Gasteiger charge is -2.41. The van der Waals surface area contributed by atoms with Gasteiger partial charge in [0.25, 0.3) is 0 Å². The summed E-state index contributed by atoms with van der Waals surface area (Å²) in [5.41, 5.74) is 3.21. The van der Waals surface area contributed by atoms with Crippen LogP contribution < -0.4 is 5.32 Å². The van der Waals surface area contributed by atoms with Crippen molar-refractivity contribution in [3.8, 4) is 0 Å². The van der Waals surface area contributed by atoms with Crippen LogP contribution in [0.3, 0.4) is 0 Å². The van der Waals surface area contributed by atoms with Gasteiger partial charge in [0.2, 0.25) is 0 Å². The zero-order chi connectivity index (χ0) is 14.7. The normalized spacial score (nSPS) is 26.8. The smallest absolute Gasteiger partial charge is 0.0351 e. The van der Waals surface area contributed by atoms with Crippen LogP contribution in [0.5, 0.6) is 0 Å². The third-order valence-electron chi connectivity index (χ3n) is 5.14. The lowest BCUT2D eigenvalue weighted by atomic mass is 9.85. The van der Waals surface area contributed by atoms with Gasteiger partial charge in [-0.2, -0.15) is 0 Å². The average molecular weight is 286 g/mol. The molecule has 1 N–H and O–H groups in total. The molecule has 1 saturated heterocycles. The van der Waals surface area contributed by atoms with Crippen LogP contribution in [0.4, 0.5) is 0 Å². The van der Waals surface area contributed by atoms with Crippen molar-refractivity contribution in [2.45, 2.75) is 58.0 Å². The number of nitrogens with one attached hydrogen (secondary N) is 1. The molecule has 0 spiro atoms. The van der Waals surface area contributed by atoms with Crippen molar-refractivity contribution in [3.63, 3.8) is 0 Å². The molecule has 2 aliphatic rings. The van der Waals surface area contributed by atoms with Crippen molar-refractivity contribution in [2.24, 2.45) is 5.92 Å². The first-order chi connectivity index (χ1) is 10.2. The number of aryl methyl sites for hydroxylation is 1. The van der Waals surface area contributed by atoms with Gasteiger partial charge in [-0.1, -0.05) is 38.1 Å². The van der Waals surface area contributed by atoms with E-state index in [2.05, 4.69) is 48.3 Å². The fraction of sp³-hybridized carbons (Fsp3) is 0.684. The maximum atomic E-state index is 3.63. The van der Waals surface area contributed by atoms with Crippen LogP contribution in [-0.4, -0.2) is 30.6 Å². The van der Waals surface area contributed by atoms with Crippen LogP contribution in [0.1, 0.15) is 56.7 Å². The summed E-state index contributed by atoms with van der Waals surface area (Å²) in [6.45, 7) is 8.24. The minimum Gasteiger partial charge on any atom is -0.314 e. The third kappa shape index (κ3) is 3.67. The molecule has 0 radical (unpaired) electrons. The van der Waals surface area contributed by atoms with Gasteiger partial charge < -0.3 is 5.32 Å². The van der Waals surface area contributed by atoms with Crippen LogP contribution in [0, 0.1) is 5.92 Å². The summed E-state index contributed by atoms with van der Waals surface area (Å²) in [6.07, 6.45) is 6.74. The Bertz CT molecular complexity index is 455. The van der Waals surface area contributed by atoms with Crippen molar-refractivity contribution in [3.05, 3.63) is 35.4 Å². The van der Waals surface area contributed by atoms with Gasteiger partial charge in [-0.05, 0) is 62.2 Å². The first kappa shape index (κ1) is 15.1. The lowest BCUT2D eigenvalue weighted by Crippen LogP contribution is -2.43. The number of likely N-dealkylation sites (tertiary alicyclic amines) is 1. The van der Waals surface area contributed by atoms with Crippen LogP contribution in [0.15, 0.2) is 24.3 Å². The minimum atomic E-state index is 0.607. The summed E-state index contributed by atoms with van der Waals surface area (Å²) in [5.74, 6) is 0.829. The van der Waals surface area contributed by atoms with Crippen molar-refractivity contribution < 1.29 is 0 Å². The monoisotopic (exact) mass is 286 g/mol. The highest BCUT2D eigenvalue weighted by Gasteiger charge is 2.29. The molecule has 1 aliphatic carbocycles. The van der Waals surface area contributed by atoms with E-state index in [4.69, 9.17) is 0 Å². The van der Waals surface area contributed by atoms with E-state index in [1.165, 1.54) is 51.7 Å². The minimum absolute atomic E-state index is 0.607. The first-order valence-electron chi connectivity index (χ1n) is 8.79. The zero-order valence-electron chi connectivity index (χ0n) is 13.6. The van der Waals surface area contributed by atoms with E-state index in [-0.39, 0.29) is 0 Å². The molecule has 0 amide bonds. The fourth-order valence-electron chi connectivity index (χ4n) is 4.06. The Morgan fingerprint density at radius 3 is 2.90 bits per heavy atom. The number of rotatable bonds is 4. The molecule has 0 bridgehead atoms. The Morgan fingerprint density at radius 2 is 2.05 bits per heavy atom. The molecule has 2 unspecified atom stereocenters. The molecule has 3 rings (SSSR count). The van der Waals surface area contributed by atoms with Gasteiger partial charge in [-0.3, -0.25) is 4.90 Å². The summed E-state index contributed by atoms with van der Waals surface area (Å²) in [7, 11) is 0. The van der Waals surface area contributed by atoms with E-state index in [0.717, 1.165) is 5.92 Å². The Hall–Kier alpha value is -0.860. The molecule has 116 valence electrons. The summed E-state index contributed by atoms with van der Waals surface area (Å²) in [4.78, 5) is 2.77. The van der Waals surface area contributed by atoms with Gasteiger partial charge in [-0.15, -0.1) is 0 Å². The molecule has 2 heteroatoms. The number of hydrogen-bond acceptors (Lipinski definition) is 2. The number of benzene rings is 1. The van der Waals surface area contributed by atoms with Crippen LogP contribution in [-0.2, 0) is 6.42 Å². The summed E-state index contributed by atoms with van der Waals surface area (Å²) in [5, 5.41) is 3.63. The molecular formula is C19H30N2. The van der Waals surface area contributed by atoms with Gasteiger partial charge in [0.15, 0.2) is 0 Å². The molecule has 1 fully saturated rings. The number of piperidine rings is 1. The maximum Gasteiger partial charge on any atom is 0.0351 e. The highest BCUT2D eigenvalue weighted by molar-refractivity contribution is 5.32. The van der Waals surface area contributed by atoms with Gasteiger partial charge in [0, 0.05) is 18.6 Å². The molecule has 2 nitrogen and oxygen atoms in total. The molecule has 2 atom stereocenters. The Labute approximate surface area is 129 Å². The number of fused-ring (bicyclic) bond motifs is 1. The van der Waals surface area contributed by atoms with Gasteiger partial charge in [0.05, 0.1) is 0 Å². The predicted octanol–water partition coefficient (Wildman–Crippen LogP) is 3.77. The summed E-state index contributed by atoms with van der Waals surface area (Å²) >= 11 is 0. The van der Waals surface area contributed by atoms with E-state index in [1.807, 2.05) is 0 Å². The van der Waals surface area contributed by atoms with Crippen molar-refractivity contribution >= 4 is 0 Å². The highest BCUT2D eigenvalue weighted by atomic mass is 15.2. The highest BCUT2D eigenvalue weighted by Crippen LogP contribution is 2.36. The second-order valence-corrected chi connectivity index (χ2v) is 7.17. The van der Waals surface area contributed by atoms with Crippen LogP contribution in [0.25, 0.3) is 0 Å². The van der Waals surface area contributed by atoms with Crippen LogP contribution in [0.2, 0.25) is 0 Å². The van der Waals surface area contributed by atoms with Crippen molar-refractivity contribution in [2.75, 3.05) is 19.6 Å². The fourth-order valence-corrected chi connectivity index (χ4v) is 4.06. The zero-order valence-corrected chi connectivity index (χ0v) is 13.6. The van der Waals surface area contributed by atoms with E-state index in [9.17, 15) is 0 Å². The molecule has 1 heterocycles. The van der Waals surface area contributed by atoms with Gasteiger partial charge in [0.1, 0.15) is 0 Å². The quantitative estimate of drug-likeness (QED) is 0.906. The standard InChI is InChI=1S/C19H30N2/c1-15(2)20-13-16-7-6-12-21(14-16)19-11-5-9-17-8-3-4-10-18(17)19/h3-4,8,10,15-16,19-20H,5-7,9,11-14H2,1-2H3. The number of hydrogen-bond donors (Lipinski definition) is 1. The van der Waals surface area contributed by atoms with E-state index < -0.39 is 0 Å². The lowest BCUT2D eigenvalue weighted by molar-refractivity contribution is 0.110. The van der Waals surface area contributed by atoms with Crippen LogP contribution >= 0.6 is 0 Å².